The smallest absolute Gasteiger partial charge is 0.217 e. The van der Waals surface area contributed by atoms with Gasteiger partial charge in [0, 0.05) is 11.8 Å². The van der Waals surface area contributed by atoms with Gasteiger partial charge in [0.2, 0.25) is 5.89 Å². The van der Waals surface area contributed by atoms with Gasteiger partial charge in [0.15, 0.2) is 5.58 Å². The molecule has 3 aromatic rings. The molecule has 19 heavy (non-hydrogen) atoms. The van der Waals surface area contributed by atoms with Crippen LogP contribution < -0.4 is 5.73 Å². The summed E-state index contributed by atoms with van der Waals surface area (Å²) in [5, 5.41) is 4.44. The lowest BCUT2D eigenvalue weighted by molar-refractivity contribution is 0.486. The number of aryl methyl sites for hydroxylation is 1. The maximum absolute atomic E-state index is 5.72. The van der Waals surface area contributed by atoms with Crippen molar-refractivity contribution in [1.29, 1.82) is 0 Å². The van der Waals surface area contributed by atoms with Crippen molar-refractivity contribution in [3.05, 3.63) is 40.0 Å². The third-order valence-corrected chi connectivity index (χ3v) is 4.18. The Morgan fingerprint density at radius 1 is 1.37 bits per heavy atom. The minimum absolute atomic E-state index is 0.507. The number of nitrogens with two attached hydrogens (primary N) is 1. The third-order valence-electron chi connectivity index (χ3n) is 3.03. The Morgan fingerprint density at radius 2 is 2.16 bits per heavy atom. The first-order valence-electron chi connectivity index (χ1n) is 5.89. The summed E-state index contributed by atoms with van der Waals surface area (Å²) >= 11 is 3.51. The number of hydrogen-bond acceptors (Lipinski definition) is 4. The molecule has 2 aromatic heterocycles. The van der Waals surface area contributed by atoms with Crippen molar-refractivity contribution in [2.75, 3.05) is 5.73 Å². The summed E-state index contributed by atoms with van der Waals surface area (Å²) in [7, 11) is 0. The van der Waals surface area contributed by atoms with Crippen molar-refractivity contribution in [3.8, 4) is 0 Å². The molecule has 0 saturated carbocycles. The Kier molecular flexibility index (Phi) is 2.82. The minimum atomic E-state index is 0.507. The van der Waals surface area contributed by atoms with Gasteiger partial charge < -0.3 is 10.2 Å². The van der Waals surface area contributed by atoms with Gasteiger partial charge in [0.1, 0.15) is 12.1 Å². The predicted molar refractivity (Wildman–Crippen MR) is 76.9 cm³/mol. The molecule has 0 aliphatic rings. The van der Waals surface area contributed by atoms with Gasteiger partial charge in [-0.25, -0.2) is 4.98 Å². The number of nitrogens with zero attached hydrogens (tertiary/aromatic N) is 3. The molecule has 3 rings (SSSR count). The predicted octanol–water partition coefficient (Wildman–Crippen LogP) is 3.03. The highest BCUT2D eigenvalue weighted by Gasteiger charge is 2.12. The molecule has 0 aliphatic carbocycles. The van der Waals surface area contributed by atoms with E-state index in [1.807, 2.05) is 30.7 Å². The molecular weight excluding hydrogens is 308 g/mol. The van der Waals surface area contributed by atoms with E-state index in [0.717, 1.165) is 21.4 Å². The fourth-order valence-electron chi connectivity index (χ4n) is 2.01. The van der Waals surface area contributed by atoms with Crippen molar-refractivity contribution in [2.45, 2.75) is 20.4 Å². The Bertz CT molecular complexity index is 759. The molecule has 5 nitrogen and oxygen atoms in total. The molecule has 0 bridgehead atoms. The molecule has 98 valence electrons. The number of benzene rings is 1. The van der Waals surface area contributed by atoms with E-state index in [1.165, 1.54) is 0 Å². The van der Waals surface area contributed by atoms with Crippen molar-refractivity contribution >= 4 is 32.7 Å². The zero-order valence-corrected chi connectivity index (χ0v) is 12.2. The summed E-state index contributed by atoms with van der Waals surface area (Å²) < 4.78 is 8.58. The first kappa shape index (κ1) is 12.2. The van der Waals surface area contributed by atoms with Crippen LogP contribution in [0.3, 0.4) is 0 Å². The largest absolute Gasteiger partial charge is 0.439 e. The maximum Gasteiger partial charge on any atom is 0.217 e. The van der Waals surface area contributed by atoms with Gasteiger partial charge in [-0.1, -0.05) is 0 Å². The van der Waals surface area contributed by atoms with Gasteiger partial charge in [0.25, 0.3) is 0 Å². The highest BCUT2D eigenvalue weighted by Crippen LogP contribution is 2.22. The molecule has 0 fully saturated rings. The zero-order valence-electron chi connectivity index (χ0n) is 10.6. The first-order chi connectivity index (χ1) is 9.04. The second-order valence-electron chi connectivity index (χ2n) is 4.48. The Hall–Kier alpha value is -1.82. The molecule has 0 spiro atoms. The lowest BCUT2D eigenvalue weighted by Crippen LogP contribution is -2.04. The van der Waals surface area contributed by atoms with E-state index < -0.39 is 0 Å². The van der Waals surface area contributed by atoms with Gasteiger partial charge in [-0.2, -0.15) is 5.10 Å². The molecule has 0 atom stereocenters. The second kappa shape index (κ2) is 4.38. The zero-order chi connectivity index (χ0) is 13.6. The van der Waals surface area contributed by atoms with Crippen LogP contribution in [0.15, 0.2) is 27.1 Å². The van der Waals surface area contributed by atoms with Crippen LogP contribution in [-0.4, -0.2) is 14.8 Å². The first-order valence-corrected chi connectivity index (χ1v) is 6.68. The molecule has 0 unspecified atom stereocenters. The number of halogens is 1. The second-order valence-corrected chi connectivity index (χ2v) is 5.27. The summed E-state index contributed by atoms with van der Waals surface area (Å²) in [6.45, 7) is 4.47. The van der Waals surface area contributed by atoms with Crippen LogP contribution in [0.5, 0.6) is 0 Å². The van der Waals surface area contributed by atoms with Gasteiger partial charge in [0.05, 0.1) is 15.9 Å². The number of oxazole rings is 1. The Labute approximate surface area is 118 Å². The normalized spacial score (nSPS) is 11.3. The number of hydrogen-bond donors (Lipinski definition) is 1. The number of nitrogen functional groups attached to an aromatic ring is 1. The van der Waals surface area contributed by atoms with Gasteiger partial charge in [-0.3, -0.25) is 4.68 Å². The average Bonchev–Trinajstić information content (AvgIpc) is 2.86. The van der Waals surface area contributed by atoms with Crippen LogP contribution in [0.25, 0.3) is 11.1 Å². The number of aromatic nitrogens is 3. The number of fused-ring (bicyclic) bond motifs is 1. The van der Waals surface area contributed by atoms with Crippen LogP contribution in [0.4, 0.5) is 5.69 Å². The minimum Gasteiger partial charge on any atom is -0.439 e. The molecule has 0 radical (unpaired) electrons. The van der Waals surface area contributed by atoms with Crippen LogP contribution >= 0.6 is 15.9 Å². The van der Waals surface area contributed by atoms with Crippen LogP contribution in [0, 0.1) is 13.8 Å². The van der Waals surface area contributed by atoms with Gasteiger partial charge >= 0.3 is 0 Å². The standard InChI is InChI=1S/C13H13BrN4O/c1-7-13(14)8(2)18(17-7)6-12-16-10-4-3-9(15)5-11(10)19-12/h3-5H,6,15H2,1-2H3. The molecule has 0 amide bonds. The fraction of sp³-hybridized carbons (Fsp3) is 0.231. The lowest BCUT2D eigenvalue weighted by Gasteiger charge is -1.99. The molecule has 0 aliphatic heterocycles. The van der Waals surface area contributed by atoms with E-state index in [-0.39, 0.29) is 0 Å². The topological polar surface area (TPSA) is 69.9 Å². The lowest BCUT2D eigenvalue weighted by atomic mass is 10.3. The third kappa shape index (κ3) is 2.12. The van der Waals surface area contributed by atoms with Crippen LogP contribution in [0.2, 0.25) is 0 Å². The highest BCUT2D eigenvalue weighted by molar-refractivity contribution is 9.10. The van der Waals surface area contributed by atoms with E-state index in [9.17, 15) is 0 Å². The van der Waals surface area contributed by atoms with Gasteiger partial charge in [-0.05, 0) is 41.9 Å². The van der Waals surface area contributed by atoms with E-state index in [4.69, 9.17) is 10.2 Å². The molecule has 2 heterocycles. The SMILES string of the molecule is Cc1nn(Cc2nc3ccc(N)cc3o2)c(C)c1Br. The van der Waals surface area contributed by atoms with Crippen molar-refractivity contribution in [1.82, 2.24) is 14.8 Å². The van der Waals surface area contributed by atoms with Crippen molar-refractivity contribution < 1.29 is 4.42 Å². The van der Waals surface area contributed by atoms with Crippen molar-refractivity contribution in [3.63, 3.8) is 0 Å². The summed E-state index contributed by atoms with van der Waals surface area (Å²) in [6, 6.07) is 5.45. The summed E-state index contributed by atoms with van der Waals surface area (Å²) in [5.74, 6) is 0.624. The van der Waals surface area contributed by atoms with E-state index >= 15 is 0 Å². The molecule has 2 N–H and O–H groups in total. The molecule has 6 heteroatoms. The van der Waals surface area contributed by atoms with Crippen molar-refractivity contribution in [2.24, 2.45) is 0 Å². The van der Waals surface area contributed by atoms with Crippen LogP contribution in [-0.2, 0) is 6.54 Å². The van der Waals surface area contributed by atoms with Crippen LogP contribution in [0.1, 0.15) is 17.3 Å². The summed E-state index contributed by atoms with van der Waals surface area (Å²) in [6.07, 6.45) is 0. The number of rotatable bonds is 2. The monoisotopic (exact) mass is 320 g/mol. The van der Waals surface area contributed by atoms with E-state index in [1.54, 1.807) is 6.07 Å². The molecular formula is C13H13BrN4O. The quantitative estimate of drug-likeness (QED) is 0.737. The highest BCUT2D eigenvalue weighted by atomic mass is 79.9. The van der Waals surface area contributed by atoms with Gasteiger partial charge in [-0.15, -0.1) is 0 Å². The van der Waals surface area contributed by atoms with E-state index in [0.29, 0.717) is 23.7 Å². The fourth-order valence-corrected chi connectivity index (χ4v) is 2.30. The van der Waals surface area contributed by atoms with E-state index in [2.05, 4.69) is 26.0 Å². The summed E-state index contributed by atoms with van der Waals surface area (Å²) in [5.41, 5.74) is 9.92. The molecule has 0 saturated heterocycles. The Morgan fingerprint density at radius 3 is 2.84 bits per heavy atom. The maximum atomic E-state index is 5.72. The average molecular weight is 321 g/mol. The number of anilines is 1. The molecule has 1 aromatic carbocycles. The summed E-state index contributed by atoms with van der Waals surface area (Å²) in [4.78, 5) is 4.43. The Balaban J connectivity index is 1.98.